The third-order valence-corrected chi connectivity index (χ3v) is 4.08. The van der Waals surface area contributed by atoms with Gasteiger partial charge in [-0.1, -0.05) is 30.3 Å². The smallest absolute Gasteiger partial charge is 0.228 e. The predicted molar refractivity (Wildman–Crippen MR) is 82.7 cm³/mol. The van der Waals surface area contributed by atoms with Gasteiger partial charge in [0, 0.05) is 25.8 Å². The second-order valence-corrected chi connectivity index (χ2v) is 5.89. The largest absolute Gasteiger partial charge is 0.472 e. The molecule has 20 heavy (non-hydrogen) atoms. The van der Waals surface area contributed by atoms with Crippen molar-refractivity contribution in [3.63, 3.8) is 0 Å². The van der Waals surface area contributed by atoms with Crippen molar-refractivity contribution in [2.24, 2.45) is 0 Å². The molecule has 1 atom stereocenters. The second-order valence-electron chi connectivity index (χ2n) is 5.04. The molecular weight excluding hydrogens is 316 g/mol. The van der Waals surface area contributed by atoms with E-state index < -0.39 is 0 Å². The van der Waals surface area contributed by atoms with Crippen LogP contribution < -0.4 is 4.74 Å². The van der Waals surface area contributed by atoms with Crippen LogP contribution in [-0.4, -0.2) is 29.1 Å². The monoisotopic (exact) mass is 332 g/mol. The summed E-state index contributed by atoms with van der Waals surface area (Å²) in [5, 5.41) is 0. The minimum Gasteiger partial charge on any atom is -0.472 e. The molecule has 1 fully saturated rings. The molecule has 3 rings (SSSR count). The Labute approximate surface area is 127 Å². The van der Waals surface area contributed by atoms with Crippen LogP contribution in [0.5, 0.6) is 5.88 Å². The highest BCUT2D eigenvalue weighted by Gasteiger charge is 2.24. The fourth-order valence-electron chi connectivity index (χ4n) is 2.49. The SMILES string of the molecule is Brc1cccnc1OC1CCN(Cc2ccccc2)C1. The number of halogens is 1. The molecule has 4 heteroatoms. The topological polar surface area (TPSA) is 25.4 Å². The lowest BCUT2D eigenvalue weighted by Gasteiger charge is -2.17. The van der Waals surface area contributed by atoms with E-state index in [4.69, 9.17) is 4.74 Å². The van der Waals surface area contributed by atoms with Gasteiger partial charge in [-0.3, -0.25) is 4.90 Å². The molecule has 0 aliphatic carbocycles. The first-order valence-corrected chi connectivity index (χ1v) is 7.64. The minimum atomic E-state index is 0.227. The first-order valence-electron chi connectivity index (χ1n) is 6.85. The maximum absolute atomic E-state index is 5.97. The van der Waals surface area contributed by atoms with Crippen LogP contribution in [0.15, 0.2) is 53.1 Å². The number of aromatic nitrogens is 1. The number of pyridine rings is 1. The van der Waals surface area contributed by atoms with Crippen molar-refractivity contribution in [3.05, 3.63) is 58.7 Å². The molecule has 0 amide bonds. The lowest BCUT2D eigenvalue weighted by Crippen LogP contribution is -2.24. The zero-order chi connectivity index (χ0) is 13.8. The number of ether oxygens (including phenoxy) is 1. The van der Waals surface area contributed by atoms with Crippen molar-refractivity contribution in [1.82, 2.24) is 9.88 Å². The Bertz CT molecular complexity index is 561. The molecule has 1 aliphatic rings. The third kappa shape index (κ3) is 3.38. The third-order valence-electron chi connectivity index (χ3n) is 3.48. The second kappa shape index (κ2) is 6.37. The summed E-state index contributed by atoms with van der Waals surface area (Å²) in [6.07, 6.45) is 3.04. The Morgan fingerprint density at radius 2 is 2.05 bits per heavy atom. The van der Waals surface area contributed by atoms with Crippen LogP contribution in [-0.2, 0) is 6.54 Å². The summed E-state index contributed by atoms with van der Waals surface area (Å²) in [5.41, 5.74) is 1.35. The molecule has 1 aromatic carbocycles. The van der Waals surface area contributed by atoms with Crippen molar-refractivity contribution in [1.29, 1.82) is 0 Å². The quantitative estimate of drug-likeness (QED) is 0.856. The highest BCUT2D eigenvalue weighted by Crippen LogP contribution is 2.24. The molecule has 0 saturated carbocycles. The number of hydrogen-bond donors (Lipinski definition) is 0. The summed E-state index contributed by atoms with van der Waals surface area (Å²) in [6, 6.07) is 14.4. The van der Waals surface area contributed by atoms with Gasteiger partial charge in [0.15, 0.2) is 0 Å². The van der Waals surface area contributed by atoms with E-state index in [9.17, 15) is 0 Å². The van der Waals surface area contributed by atoms with Gasteiger partial charge >= 0.3 is 0 Å². The normalized spacial score (nSPS) is 19.1. The molecule has 0 N–H and O–H groups in total. The number of benzene rings is 1. The summed E-state index contributed by atoms with van der Waals surface area (Å²) >= 11 is 3.47. The molecule has 0 radical (unpaired) electrons. The molecule has 1 saturated heterocycles. The van der Waals surface area contributed by atoms with E-state index >= 15 is 0 Å². The molecule has 1 unspecified atom stereocenters. The summed E-state index contributed by atoms with van der Waals surface area (Å²) in [7, 11) is 0. The van der Waals surface area contributed by atoms with Crippen LogP contribution in [0.1, 0.15) is 12.0 Å². The van der Waals surface area contributed by atoms with E-state index in [2.05, 4.69) is 56.1 Å². The van der Waals surface area contributed by atoms with Crippen molar-refractivity contribution in [2.45, 2.75) is 19.1 Å². The Hall–Kier alpha value is -1.39. The zero-order valence-corrected chi connectivity index (χ0v) is 12.8. The predicted octanol–water partition coefficient (Wildman–Crippen LogP) is 3.50. The van der Waals surface area contributed by atoms with Gasteiger partial charge in [-0.25, -0.2) is 4.98 Å². The lowest BCUT2D eigenvalue weighted by atomic mass is 10.2. The summed E-state index contributed by atoms with van der Waals surface area (Å²) in [5.74, 6) is 0.694. The molecule has 104 valence electrons. The Morgan fingerprint density at radius 1 is 1.20 bits per heavy atom. The lowest BCUT2D eigenvalue weighted by molar-refractivity contribution is 0.190. The highest BCUT2D eigenvalue weighted by molar-refractivity contribution is 9.10. The van der Waals surface area contributed by atoms with E-state index in [1.54, 1.807) is 6.20 Å². The molecule has 1 aliphatic heterocycles. The van der Waals surface area contributed by atoms with Crippen molar-refractivity contribution in [3.8, 4) is 5.88 Å². The fourth-order valence-corrected chi connectivity index (χ4v) is 2.84. The standard InChI is InChI=1S/C16H17BrN2O/c17-15-7-4-9-18-16(15)20-14-8-10-19(12-14)11-13-5-2-1-3-6-13/h1-7,9,14H,8,10-12H2. The van der Waals surface area contributed by atoms with Crippen LogP contribution in [0.4, 0.5) is 0 Å². The van der Waals surface area contributed by atoms with Crippen molar-refractivity contribution < 1.29 is 4.74 Å². The van der Waals surface area contributed by atoms with Crippen molar-refractivity contribution >= 4 is 15.9 Å². The highest BCUT2D eigenvalue weighted by atomic mass is 79.9. The van der Waals surface area contributed by atoms with E-state index in [0.717, 1.165) is 30.5 Å². The van der Waals surface area contributed by atoms with Crippen LogP contribution in [0.25, 0.3) is 0 Å². The van der Waals surface area contributed by atoms with E-state index in [1.807, 2.05) is 12.1 Å². The van der Waals surface area contributed by atoms with Crippen molar-refractivity contribution in [2.75, 3.05) is 13.1 Å². The Balaban J connectivity index is 1.56. The fraction of sp³-hybridized carbons (Fsp3) is 0.312. The van der Waals surface area contributed by atoms with Gasteiger partial charge in [-0.05, 0) is 40.0 Å². The summed E-state index contributed by atoms with van der Waals surface area (Å²) in [6.45, 7) is 3.02. The van der Waals surface area contributed by atoms with Gasteiger partial charge in [0.25, 0.3) is 0 Å². The van der Waals surface area contributed by atoms with Gasteiger partial charge in [-0.2, -0.15) is 0 Å². The summed E-state index contributed by atoms with van der Waals surface area (Å²) in [4.78, 5) is 6.69. The average Bonchev–Trinajstić information content (AvgIpc) is 2.90. The molecule has 0 bridgehead atoms. The average molecular weight is 333 g/mol. The number of likely N-dealkylation sites (tertiary alicyclic amines) is 1. The van der Waals surface area contributed by atoms with Gasteiger partial charge in [0.2, 0.25) is 5.88 Å². The van der Waals surface area contributed by atoms with Crippen LogP contribution in [0, 0.1) is 0 Å². The van der Waals surface area contributed by atoms with Crippen LogP contribution in [0.3, 0.4) is 0 Å². The molecule has 1 aromatic heterocycles. The molecular formula is C16H17BrN2O. The zero-order valence-electron chi connectivity index (χ0n) is 11.2. The molecule has 2 heterocycles. The molecule has 0 spiro atoms. The van der Waals surface area contributed by atoms with Gasteiger partial charge < -0.3 is 4.74 Å². The number of nitrogens with zero attached hydrogens (tertiary/aromatic N) is 2. The maximum atomic E-state index is 5.97. The maximum Gasteiger partial charge on any atom is 0.228 e. The molecule has 2 aromatic rings. The van der Waals surface area contributed by atoms with E-state index in [1.165, 1.54) is 5.56 Å². The summed E-state index contributed by atoms with van der Waals surface area (Å²) < 4.78 is 6.89. The van der Waals surface area contributed by atoms with Crippen LogP contribution >= 0.6 is 15.9 Å². The van der Waals surface area contributed by atoms with Gasteiger partial charge in [-0.15, -0.1) is 0 Å². The van der Waals surface area contributed by atoms with Gasteiger partial charge in [0.05, 0.1) is 4.47 Å². The Morgan fingerprint density at radius 3 is 2.85 bits per heavy atom. The first kappa shape index (κ1) is 13.6. The number of hydrogen-bond acceptors (Lipinski definition) is 3. The minimum absolute atomic E-state index is 0.227. The van der Waals surface area contributed by atoms with Crippen LogP contribution in [0.2, 0.25) is 0 Å². The van der Waals surface area contributed by atoms with E-state index in [-0.39, 0.29) is 6.10 Å². The number of rotatable bonds is 4. The molecule has 3 nitrogen and oxygen atoms in total. The first-order chi connectivity index (χ1) is 9.81. The Kier molecular flexibility index (Phi) is 4.33. The van der Waals surface area contributed by atoms with E-state index in [0.29, 0.717) is 5.88 Å². The van der Waals surface area contributed by atoms with Gasteiger partial charge in [0.1, 0.15) is 6.10 Å².